The number of hydrogen-bond donors (Lipinski definition) is 1. The summed E-state index contributed by atoms with van der Waals surface area (Å²) in [5.74, 6) is 0.614. The Morgan fingerprint density at radius 1 is 1.53 bits per heavy atom. The predicted molar refractivity (Wildman–Crippen MR) is 76.4 cm³/mol. The second-order valence-corrected chi connectivity index (χ2v) is 7.82. The number of furan rings is 1. The van der Waals surface area contributed by atoms with Gasteiger partial charge in [0.15, 0.2) is 4.67 Å². The van der Waals surface area contributed by atoms with Gasteiger partial charge in [-0.15, -0.1) is 0 Å². The van der Waals surface area contributed by atoms with Gasteiger partial charge in [-0.05, 0) is 28.8 Å². The minimum atomic E-state index is -3.46. The van der Waals surface area contributed by atoms with Crippen molar-refractivity contribution >= 4 is 26.0 Å². The summed E-state index contributed by atoms with van der Waals surface area (Å²) in [5, 5.41) is 3.20. The quantitative estimate of drug-likeness (QED) is 0.855. The summed E-state index contributed by atoms with van der Waals surface area (Å²) < 4.78 is 32.0. The zero-order valence-electron chi connectivity index (χ0n) is 11.3. The van der Waals surface area contributed by atoms with Crippen LogP contribution in [-0.2, 0) is 16.6 Å². The smallest absolute Gasteiger partial charge is 0.247 e. The Bertz CT molecular complexity index is 549. The van der Waals surface area contributed by atoms with E-state index in [1.165, 1.54) is 4.31 Å². The molecule has 1 aliphatic carbocycles. The lowest BCUT2D eigenvalue weighted by atomic mass is 10.3. The van der Waals surface area contributed by atoms with Crippen LogP contribution in [0.4, 0.5) is 0 Å². The highest BCUT2D eigenvalue weighted by atomic mass is 79.9. The fraction of sp³-hybridized carbons (Fsp3) is 0.667. The zero-order chi connectivity index (χ0) is 14.2. The number of sulfonamides is 1. The van der Waals surface area contributed by atoms with Crippen molar-refractivity contribution in [3.8, 4) is 0 Å². The second-order valence-electron chi connectivity index (χ2n) is 5.14. The van der Waals surface area contributed by atoms with Crippen LogP contribution in [0.25, 0.3) is 0 Å². The van der Waals surface area contributed by atoms with E-state index < -0.39 is 10.0 Å². The third kappa shape index (κ3) is 3.39. The van der Waals surface area contributed by atoms with Crippen LogP contribution in [0.1, 0.15) is 32.4 Å². The van der Waals surface area contributed by atoms with Gasteiger partial charge in [-0.1, -0.05) is 13.8 Å². The Kier molecular flexibility index (Phi) is 4.39. The zero-order valence-corrected chi connectivity index (χ0v) is 13.7. The van der Waals surface area contributed by atoms with Gasteiger partial charge in [-0.3, -0.25) is 0 Å². The van der Waals surface area contributed by atoms with Gasteiger partial charge in [0.05, 0.1) is 6.54 Å². The van der Waals surface area contributed by atoms with Crippen molar-refractivity contribution in [1.82, 2.24) is 9.62 Å². The standard InChI is InChI=1S/C12H19BrN2O3S/c1-8(2)14-7-10-6-11(12(13)18-10)19(16,17)15(3)9-4-5-9/h6,8-9,14H,4-5,7H2,1-3H3. The molecule has 0 atom stereocenters. The van der Waals surface area contributed by atoms with E-state index in [4.69, 9.17) is 4.42 Å². The first kappa shape index (κ1) is 15.0. The molecule has 1 aliphatic rings. The molecule has 1 saturated carbocycles. The van der Waals surface area contributed by atoms with Gasteiger partial charge in [0.2, 0.25) is 10.0 Å². The highest BCUT2D eigenvalue weighted by Gasteiger charge is 2.37. The highest BCUT2D eigenvalue weighted by molar-refractivity contribution is 9.10. The number of halogens is 1. The Labute approximate surface area is 122 Å². The van der Waals surface area contributed by atoms with E-state index in [0.29, 0.717) is 18.3 Å². The number of nitrogens with one attached hydrogen (secondary N) is 1. The molecular weight excluding hydrogens is 332 g/mol. The fourth-order valence-corrected chi connectivity index (χ4v) is 4.13. The maximum absolute atomic E-state index is 12.4. The molecule has 0 aliphatic heterocycles. The average molecular weight is 351 g/mol. The molecule has 0 aromatic carbocycles. The van der Waals surface area contributed by atoms with Crippen LogP contribution >= 0.6 is 15.9 Å². The molecule has 1 heterocycles. The van der Waals surface area contributed by atoms with Gasteiger partial charge in [0, 0.05) is 25.2 Å². The molecule has 0 radical (unpaired) electrons. The molecule has 19 heavy (non-hydrogen) atoms. The SMILES string of the molecule is CC(C)NCc1cc(S(=O)(=O)N(C)C2CC2)c(Br)o1. The van der Waals surface area contributed by atoms with Gasteiger partial charge in [-0.2, -0.15) is 4.31 Å². The summed E-state index contributed by atoms with van der Waals surface area (Å²) in [6.45, 7) is 4.56. The largest absolute Gasteiger partial charge is 0.452 e. The van der Waals surface area contributed by atoms with Gasteiger partial charge >= 0.3 is 0 Å². The van der Waals surface area contributed by atoms with Crippen molar-refractivity contribution in [3.05, 3.63) is 16.5 Å². The Balaban J connectivity index is 2.19. The molecule has 0 unspecified atom stereocenters. The molecular formula is C12H19BrN2O3S. The van der Waals surface area contributed by atoms with Crippen molar-refractivity contribution in [1.29, 1.82) is 0 Å². The normalized spacial score (nSPS) is 16.5. The summed E-state index contributed by atoms with van der Waals surface area (Å²) in [6.07, 6.45) is 1.87. The molecule has 5 nitrogen and oxygen atoms in total. The molecule has 1 aromatic heterocycles. The first-order valence-electron chi connectivity index (χ1n) is 6.32. The molecule has 2 rings (SSSR count). The van der Waals surface area contributed by atoms with E-state index in [2.05, 4.69) is 21.2 Å². The molecule has 0 saturated heterocycles. The van der Waals surface area contributed by atoms with Gasteiger partial charge in [0.25, 0.3) is 0 Å². The minimum Gasteiger partial charge on any atom is -0.452 e. The van der Waals surface area contributed by atoms with Crippen LogP contribution in [0.3, 0.4) is 0 Å². The number of rotatable bonds is 6. The Morgan fingerprint density at radius 2 is 2.16 bits per heavy atom. The molecule has 1 fully saturated rings. The maximum atomic E-state index is 12.4. The lowest BCUT2D eigenvalue weighted by molar-refractivity contribution is 0.441. The molecule has 1 aromatic rings. The molecule has 1 N–H and O–H groups in total. The van der Waals surface area contributed by atoms with Crippen LogP contribution in [0.15, 0.2) is 20.0 Å². The van der Waals surface area contributed by atoms with E-state index >= 15 is 0 Å². The van der Waals surface area contributed by atoms with Crippen molar-refractivity contribution < 1.29 is 12.8 Å². The predicted octanol–water partition coefficient (Wildman–Crippen LogP) is 2.32. The number of nitrogens with zero attached hydrogens (tertiary/aromatic N) is 1. The third-order valence-electron chi connectivity index (χ3n) is 3.11. The first-order chi connectivity index (χ1) is 8.82. The Morgan fingerprint density at radius 3 is 2.68 bits per heavy atom. The van der Waals surface area contributed by atoms with Gasteiger partial charge in [-0.25, -0.2) is 8.42 Å². The molecule has 0 bridgehead atoms. The lowest BCUT2D eigenvalue weighted by Gasteiger charge is -2.14. The monoisotopic (exact) mass is 350 g/mol. The Hall–Kier alpha value is -0.370. The van der Waals surface area contributed by atoms with Crippen LogP contribution in [0, 0.1) is 0 Å². The van der Waals surface area contributed by atoms with E-state index in [9.17, 15) is 8.42 Å². The minimum absolute atomic E-state index is 0.143. The van der Waals surface area contributed by atoms with Gasteiger partial charge in [0.1, 0.15) is 10.7 Å². The van der Waals surface area contributed by atoms with E-state index in [-0.39, 0.29) is 15.6 Å². The summed E-state index contributed by atoms with van der Waals surface area (Å²) in [4.78, 5) is 0.211. The van der Waals surface area contributed by atoms with Crippen LogP contribution in [0.2, 0.25) is 0 Å². The van der Waals surface area contributed by atoms with Crippen molar-refractivity contribution in [2.24, 2.45) is 0 Å². The van der Waals surface area contributed by atoms with Crippen molar-refractivity contribution in [3.63, 3.8) is 0 Å². The third-order valence-corrected chi connectivity index (χ3v) is 5.88. The second kappa shape index (κ2) is 5.55. The topological polar surface area (TPSA) is 62.6 Å². The van der Waals surface area contributed by atoms with E-state index in [1.807, 2.05) is 13.8 Å². The van der Waals surface area contributed by atoms with E-state index in [1.54, 1.807) is 13.1 Å². The van der Waals surface area contributed by atoms with Crippen LogP contribution in [0.5, 0.6) is 0 Å². The lowest BCUT2D eigenvalue weighted by Crippen LogP contribution is -2.28. The summed E-state index contributed by atoms with van der Waals surface area (Å²) in [7, 11) is -1.84. The van der Waals surface area contributed by atoms with Crippen LogP contribution < -0.4 is 5.32 Å². The average Bonchev–Trinajstić information content (AvgIpc) is 3.09. The van der Waals surface area contributed by atoms with Gasteiger partial charge < -0.3 is 9.73 Å². The van der Waals surface area contributed by atoms with Crippen LogP contribution in [-0.4, -0.2) is 31.9 Å². The van der Waals surface area contributed by atoms with E-state index in [0.717, 1.165) is 12.8 Å². The highest BCUT2D eigenvalue weighted by Crippen LogP contribution is 2.34. The summed E-state index contributed by atoms with van der Waals surface area (Å²) in [6, 6.07) is 2.05. The summed E-state index contributed by atoms with van der Waals surface area (Å²) in [5.41, 5.74) is 0. The van der Waals surface area contributed by atoms with Crippen molar-refractivity contribution in [2.75, 3.05) is 7.05 Å². The first-order valence-corrected chi connectivity index (χ1v) is 8.55. The maximum Gasteiger partial charge on any atom is 0.247 e. The fourth-order valence-electron chi connectivity index (χ4n) is 1.76. The molecule has 7 heteroatoms. The molecule has 0 spiro atoms. The summed E-state index contributed by atoms with van der Waals surface area (Å²) >= 11 is 3.20. The van der Waals surface area contributed by atoms with Crippen molar-refractivity contribution in [2.45, 2.75) is 50.2 Å². The number of hydrogen-bond acceptors (Lipinski definition) is 4. The molecule has 0 amide bonds. The molecule has 108 valence electrons.